The van der Waals surface area contributed by atoms with Crippen LogP contribution in [0.2, 0.25) is 0 Å². The first kappa shape index (κ1) is 20.4. The number of rotatable bonds is 4. The Morgan fingerprint density at radius 2 is 1.80 bits per heavy atom. The maximum atomic E-state index is 13.4. The van der Waals surface area contributed by atoms with Gasteiger partial charge in [-0.05, 0) is 48.6 Å². The largest absolute Gasteiger partial charge is 0.374 e. The van der Waals surface area contributed by atoms with Crippen LogP contribution < -0.4 is 5.32 Å². The predicted octanol–water partition coefficient (Wildman–Crippen LogP) is 4.32. The van der Waals surface area contributed by atoms with Crippen LogP contribution in [-0.2, 0) is 4.79 Å². The summed E-state index contributed by atoms with van der Waals surface area (Å²) in [5.74, 6) is 0.0811. The minimum absolute atomic E-state index is 0.0335. The molecule has 1 fully saturated rings. The average Bonchev–Trinajstić information content (AvgIpc) is 2.76. The summed E-state index contributed by atoms with van der Waals surface area (Å²) in [5.41, 5.74) is 3.16. The summed E-state index contributed by atoms with van der Waals surface area (Å²) in [5, 5.41) is 3.89. The molecule has 5 nitrogen and oxygen atoms in total. The number of pyridine rings is 1. The molecular weight excluding hydrogens is 403 g/mol. The second-order valence-electron chi connectivity index (χ2n) is 7.72. The highest BCUT2D eigenvalue weighted by Crippen LogP contribution is 2.31. The quantitative estimate of drug-likeness (QED) is 0.791. The van der Waals surface area contributed by atoms with Crippen molar-refractivity contribution in [1.82, 2.24) is 14.8 Å². The van der Waals surface area contributed by atoms with E-state index in [4.69, 9.17) is 11.6 Å². The topological polar surface area (TPSA) is 48.5 Å². The van der Waals surface area contributed by atoms with E-state index in [9.17, 15) is 9.18 Å². The van der Waals surface area contributed by atoms with E-state index < -0.39 is 0 Å². The number of likely N-dealkylation sites (tertiary alicyclic amines) is 1. The fraction of sp³-hybridized carbons (Fsp3) is 0.304. The molecule has 0 radical (unpaired) electrons. The lowest BCUT2D eigenvalue weighted by molar-refractivity contribution is -0.128. The molecule has 1 aromatic heterocycles. The van der Waals surface area contributed by atoms with Crippen molar-refractivity contribution in [1.29, 1.82) is 0 Å². The molecule has 1 saturated heterocycles. The summed E-state index contributed by atoms with van der Waals surface area (Å²) in [6, 6.07) is 10.4. The Morgan fingerprint density at radius 3 is 2.47 bits per heavy atom. The molecule has 30 heavy (non-hydrogen) atoms. The third kappa shape index (κ3) is 4.49. The van der Waals surface area contributed by atoms with E-state index in [-0.39, 0.29) is 11.7 Å². The van der Waals surface area contributed by atoms with Crippen LogP contribution in [0.25, 0.3) is 0 Å². The molecule has 0 atom stereocenters. The van der Waals surface area contributed by atoms with E-state index in [1.807, 2.05) is 47.3 Å². The van der Waals surface area contributed by atoms with Crippen LogP contribution in [0.4, 0.5) is 10.1 Å². The third-order valence-electron chi connectivity index (χ3n) is 5.58. The number of nitrogens with zero attached hydrogens (tertiary/aromatic N) is 3. The van der Waals surface area contributed by atoms with Gasteiger partial charge < -0.3 is 15.1 Å². The molecule has 4 rings (SSSR count). The van der Waals surface area contributed by atoms with Crippen LogP contribution in [0.5, 0.6) is 0 Å². The van der Waals surface area contributed by atoms with E-state index >= 15 is 0 Å². The molecular formula is C23H24ClFN4O. The van der Waals surface area contributed by atoms with Gasteiger partial charge >= 0.3 is 0 Å². The van der Waals surface area contributed by atoms with Gasteiger partial charge in [-0.3, -0.25) is 9.78 Å². The second-order valence-corrected chi connectivity index (χ2v) is 8.17. The SMILES string of the molecule is CN1C=C(C(=O)N2CCC(c3ccc(F)cc3)CC2)C(Nc2ccncc2)=C(Cl)C1. The first-order chi connectivity index (χ1) is 14.5. The van der Waals surface area contributed by atoms with Gasteiger partial charge in [0.2, 0.25) is 0 Å². The summed E-state index contributed by atoms with van der Waals surface area (Å²) >= 11 is 6.54. The third-order valence-corrected chi connectivity index (χ3v) is 5.89. The summed E-state index contributed by atoms with van der Waals surface area (Å²) in [4.78, 5) is 21.2. The summed E-state index contributed by atoms with van der Waals surface area (Å²) in [7, 11) is 1.90. The monoisotopic (exact) mass is 426 g/mol. The normalized spacial score (nSPS) is 17.8. The lowest BCUT2D eigenvalue weighted by Crippen LogP contribution is -2.40. The van der Waals surface area contributed by atoms with Gasteiger partial charge in [-0.1, -0.05) is 23.7 Å². The van der Waals surface area contributed by atoms with Gasteiger partial charge in [-0.15, -0.1) is 0 Å². The molecule has 1 aromatic carbocycles. The van der Waals surface area contributed by atoms with E-state index in [1.54, 1.807) is 12.4 Å². The maximum absolute atomic E-state index is 13.4. The number of carbonyl (C=O) groups excluding carboxylic acids is 1. The fourth-order valence-electron chi connectivity index (χ4n) is 3.97. The van der Waals surface area contributed by atoms with Crippen LogP contribution in [0, 0.1) is 5.82 Å². The molecule has 0 saturated carbocycles. The van der Waals surface area contributed by atoms with E-state index in [2.05, 4.69) is 10.3 Å². The number of aromatic nitrogens is 1. The lowest BCUT2D eigenvalue weighted by Gasteiger charge is -2.34. The van der Waals surface area contributed by atoms with Crippen molar-refractivity contribution in [3.05, 3.63) is 82.7 Å². The molecule has 156 valence electrons. The van der Waals surface area contributed by atoms with Gasteiger partial charge in [0.15, 0.2) is 0 Å². The number of piperidine rings is 1. The zero-order valence-corrected chi connectivity index (χ0v) is 17.6. The summed E-state index contributed by atoms with van der Waals surface area (Å²) < 4.78 is 13.2. The minimum Gasteiger partial charge on any atom is -0.374 e. The second kappa shape index (κ2) is 8.88. The molecule has 7 heteroatoms. The minimum atomic E-state index is -0.224. The highest BCUT2D eigenvalue weighted by Gasteiger charge is 2.30. The molecule has 0 unspecified atom stereocenters. The van der Waals surface area contributed by atoms with E-state index in [1.165, 1.54) is 12.1 Å². The van der Waals surface area contributed by atoms with Crippen molar-refractivity contribution in [2.75, 3.05) is 32.0 Å². The van der Waals surface area contributed by atoms with Crippen LogP contribution in [0.1, 0.15) is 24.3 Å². The van der Waals surface area contributed by atoms with Gasteiger partial charge in [0.25, 0.3) is 5.91 Å². The molecule has 0 bridgehead atoms. The van der Waals surface area contributed by atoms with Gasteiger partial charge in [0.05, 0.1) is 22.8 Å². The molecule has 2 aromatic rings. The van der Waals surface area contributed by atoms with Crippen LogP contribution in [-0.4, -0.2) is 47.4 Å². The fourth-order valence-corrected chi connectivity index (χ4v) is 4.31. The zero-order valence-electron chi connectivity index (χ0n) is 16.8. The van der Waals surface area contributed by atoms with E-state index in [0.29, 0.717) is 41.9 Å². The van der Waals surface area contributed by atoms with Crippen molar-refractivity contribution in [3.8, 4) is 0 Å². The van der Waals surface area contributed by atoms with Crippen molar-refractivity contribution >= 4 is 23.2 Å². The van der Waals surface area contributed by atoms with Crippen molar-refractivity contribution < 1.29 is 9.18 Å². The Kier molecular flexibility index (Phi) is 6.04. The Morgan fingerprint density at radius 1 is 1.13 bits per heavy atom. The number of likely N-dealkylation sites (N-methyl/N-ethyl adjacent to an activating group) is 1. The molecule has 0 aliphatic carbocycles. The highest BCUT2D eigenvalue weighted by molar-refractivity contribution is 6.31. The van der Waals surface area contributed by atoms with Gasteiger partial charge in [0.1, 0.15) is 5.82 Å². The first-order valence-electron chi connectivity index (χ1n) is 10.0. The number of nitrogens with one attached hydrogen (secondary N) is 1. The number of hydrogen-bond donors (Lipinski definition) is 1. The summed E-state index contributed by atoms with van der Waals surface area (Å²) in [6.45, 7) is 1.85. The Bertz CT molecular complexity index is 966. The highest BCUT2D eigenvalue weighted by atomic mass is 35.5. The van der Waals surface area contributed by atoms with Crippen molar-refractivity contribution in [3.63, 3.8) is 0 Å². The number of hydrogen-bond acceptors (Lipinski definition) is 4. The van der Waals surface area contributed by atoms with Crippen LogP contribution in [0.3, 0.4) is 0 Å². The number of anilines is 1. The number of carbonyl (C=O) groups is 1. The number of amides is 1. The van der Waals surface area contributed by atoms with Crippen LogP contribution in [0.15, 0.2) is 71.3 Å². The lowest BCUT2D eigenvalue weighted by atomic mass is 9.89. The molecule has 1 N–H and O–H groups in total. The Balaban J connectivity index is 1.48. The molecule has 1 amide bonds. The maximum Gasteiger partial charge on any atom is 0.257 e. The first-order valence-corrected chi connectivity index (χ1v) is 10.4. The number of halogens is 2. The van der Waals surface area contributed by atoms with Crippen molar-refractivity contribution in [2.24, 2.45) is 0 Å². The van der Waals surface area contributed by atoms with Crippen LogP contribution >= 0.6 is 11.6 Å². The Hall–Kier alpha value is -2.86. The number of benzene rings is 1. The average molecular weight is 427 g/mol. The summed E-state index contributed by atoms with van der Waals surface area (Å²) in [6.07, 6.45) is 6.94. The Labute approximate surface area is 180 Å². The van der Waals surface area contributed by atoms with Gasteiger partial charge in [0, 0.05) is 44.4 Å². The molecule has 3 heterocycles. The molecule has 2 aliphatic heterocycles. The van der Waals surface area contributed by atoms with E-state index in [0.717, 1.165) is 24.1 Å². The standard InChI is InChI=1S/C23H24ClFN4O/c1-28-14-20(22(21(24)15-28)27-19-6-10-26-11-7-19)23(30)29-12-8-17(9-13-29)16-2-4-18(25)5-3-16/h2-7,10-11,14,17H,8-9,12-13,15H2,1H3,(H,26,27). The van der Waals surface area contributed by atoms with Gasteiger partial charge in [-0.2, -0.15) is 0 Å². The molecule has 2 aliphatic rings. The zero-order chi connectivity index (χ0) is 21.1. The molecule has 0 spiro atoms. The van der Waals surface area contributed by atoms with Gasteiger partial charge in [-0.25, -0.2) is 4.39 Å². The predicted molar refractivity (Wildman–Crippen MR) is 116 cm³/mol. The van der Waals surface area contributed by atoms with Crippen molar-refractivity contribution in [2.45, 2.75) is 18.8 Å². The smallest absolute Gasteiger partial charge is 0.257 e.